The van der Waals surface area contributed by atoms with Crippen LogP contribution in [-0.2, 0) is 11.3 Å². The molecule has 1 fully saturated rings. The predicted molar refractivity (Wildman–Crippen MR) is 104 cm³/mol. The van der Waals surface area contributed by atoms with Crippen LogP contribution in [0.2, 0.25) is 5.02 Å². The van der Waals surface area contributed by atoms with Crippen molar-refractivity contribution in [3.05, 3.63) is 64.9 Å². The quantitative estimate of drug-likeness (QED) is 0.647. The van der Waals surface area contributed by atoms with Crippen LogP contribution in [0.15, 0.2) is 53.9 Å². The van der Waals surface area contributed by atoms with Crippen LogP contribution in [0.4, 0.5) is 0 Å². The van der Waals surface area contributed by atoms with Crippen LogP contribution in [0.1, 0.15) is 30.9 Å². The Balaban J connectivity index is 1.48. The Bertz CT molecular complexity index is 770. The van der Waals surface area contributed by atoms with Gasteiger partial charge in [0, 0.05) is 35.4 Å². The lowest BCUT2D eigenvalue weighted by Gasteiger charge is -2.31. The van der Waals surface area contributed by atoms with E-state index in [0.29, 0.717) is 0 Å². The normalized spacial score (nSPS) is 16.5. The van der Waals surface area contributed by atoms with Crippen molar-refractivity contribution in [1.82, 2.24) is 15.3 Å². The SMILES string of the molecule is C/C(=N\NC(=O)C1CCN(Cc2ccccc2Cl)CC1)c1ccncc1. The van der Waals surface area contributed by atoms with Gasteiger partial charge in [0.05, 0.1) is 5.71 Å². The molecule has 0 saturated carbocycles. The highest BCUT2D eigenvalue weighted by Crippen LogP contribution is 2.22. The first-order valence-corrected chi connectivity index (χ1v) is 9.21. The molecule has 1 N–H and O–H groups in total. The van der Waals surface area contributed by atoms with E-state index in [4.69, 9.17) is 11.6 Å². The maximum Gasteiger partial charge on any atom is 0.243 e. The number of hydrazone groups is 1. The van der Waals surface area contributed by atoms with E-state index in [1.165, 1.54) is 0 Å². The molecule has 0 atom stereocenters. The number of nitrogens with one attached hydrogen (secondary N) is 1. The summed E-state index contributed by atoms with van der Waals surface area (Å²) in [6.45, 7) is 4.47. The Labute approximate surface area is 159 Å². The molecule has 26 heavy (non-hydrogen) atoms. The van der Waals surface area contributed by atoms with Crippen LogP contribution in [0.25, 0.3) is 0 Å². The molecule has 1 aromatic heterocycles. The molecule has 136 valence electrons. The maximum absolute atomic E-state index is 12.4. The first-order valence-electron chi connectivity index (χ1n) is 8.84. The van der Waals surface area contributed by atoms with Crippen molar-refractivity contribution in [2.45, 2.75) is 26.3 Å². The molecule has 0 bridgehead atoms. The molecule has 0 spiro atoms. The first kappa shape index (κ1) is 18.5. The highest BCUT2D eigenvalue weighted by Gasteiger charge is 2.25. The van der Waals surface area contributed by atoms with E-state index in [2.05, 4.69) is 26.5 Å². The van der Waals surface area contributed by atoms with Gasteiger partial charge < -0.3 is 0 Å². The van der Waals surface area contributed by atoms with Crippen LogP contribution in [-0.4, -0.2) is 34.6 Å². The molecule has 0 unspecified atom stereocenters. The fraction of sp³-hybridized carbons (Fsp3) is 0.350. The summed E-state index contributed by atoms with van der Waals surface area (Å²) in [5, 5.41) is 5.03. The van der Waals surface area contributed by atoms with Gasteiger partial charge in [-0.3, -0.25) is 14.7 Å². The van der Waals surface area contributed by atoms with Gasteiger partial charge in [0.25, 0.3) is 0 Å². The number of piperidine rings is 1. The van der Waals surface area contributed by atoms with Crippen molar-refractivity contribution in [1.29, 1.82) is 0 Å². The summed E-state index contributed by atoms with van der Waals surface area (Å²) >= 11 is 6.23. The van der Waals surface area contributed by atoms with Crippen molar-refractivity contribution in [2.24, 2.45) is 11.0 Å². The molecule has 1 aliphatic rings. The Morgan fingerprint density at radius 1 is 1.23 bits per heavy atom. The number of likely N-dealkylation sites (tertiary alicyclic amines) is 1. The molecule has 1 amide bonds. The van der Waals surface area contributed by atoms with Gasteiger partial charge in [-0.2, -0.15) is 5.10 Å². The highest BCUT2D eigenvalue weighted by molar-refractivity contribution is 6.31. The molecular weight excluding hydrogens is 348 g/mol. The number of rotatable bonds is 5. The molecular formula is C20H23ClN4O. The minimum Gasteiger partial charge on any atom is -0.299 e. The van der Waals surface area contributed by atoms with Gasteiger partial charge in [-0.1, -0.05) is 29.8 Å². The number of hydrogen-bond acceptors (Lipinski definition) is 4. The van der Waals surface area contributed by atoms with Crippen molar-refractivity contribution >= 4 is 23.2 Å². The summed E-state index contributed by atoms with van der Waals surface area (Å²) in [6, 6.07) is 11.7. The lowest BCUT2D eigenvalue weighted by Crippen LogP contribution is -2.39. The van der Waals surface area contributed by atoms with Gasteiger partial charge in [-0.15, -0.1) is 0 Å². The molecule has 5 nitrogen and oxygen atoms in total. The van der Waals surface area contributed by atoms with Crippen molar-refractivity contribution < 1.29 is 4.79 Å². The zero-order chi connectivity index (χ0) is 18.4. The molecule has 3 rings (SSSR count). The van der Waals surface area contributed by atoms with Gasteiger partial charge in [0.15, 0.2) is 0 Å². The minimum atomic E-state index is -0.00389. The Hall–Kier alpha value is -2.24. The second-order valence-corrected chi connectivity index (χ2v) is 6.96. The third-order valence-corrected chi connectivity index (χ3v) is 5.11. The maximum atomic E-state index is 12.4. The third kappa shape index (κ3) is 4.90. The number of pyridine rings is 1. The van der Waals surface area contributed by atoms with E-state index in [9.17, 15) is 4.79 Å². The molecule has 1 aromatic carbocycles. The lowest BCUT2D eigenvalue weighted by molar-refractivity contribution is -0.126. The molecule has 0 radical (unpaired) electrons. The zero-order valence-electron chi connectivity index (χ0n) is 14.9. The lowest BCUT2D eigenvalue weighted by atomic mass is 9.96. The summed E-state index contributed by atoms with van der Waals surface area (Å²) in [6.07, 6.45) is 5.09. The smallest absolute Gasteiger partial charge is 0.243 e. The third-order valence-electron chi connectivity index (χ3n) is 4.74. The van der Waals surface area contributed by atoms with Crippen LogP contribution < -0.4 is 5.43 Å². The summed E-state index contributed by atoms with van der Waals surface area (Å²) in [5.41, 5.74) is 5.58. The average molecular weight is 371 g/mol. The van der Waals surface area contributed by atoms with Crippen LogP contribution in [0, 0.1) is 5.92 Å². The van der Waals surface area contributed by atoms with E-state index < -0.39 is 0 Å². The van der Waals surface area contributed by atoms with Crippen molar-refractivity contribution in [3.63, 3.8) is 0 Å². The number of halogens is 1. The second-order valence-electron chi connectivity index (χ2n) is 6.55. The summed E-state index contributed by atoms with van der Waals surface area (Å²) in [7, 11) is 0. The van der Waals surface area contributed by atoms with Gasteiger partial charge in [0.1, 0.15) is 0 Å². The average Bonchev–Trinajstić information content (AvgIpc) is 2.69. The largest absolute Gasteiger partial charge is 0.299 e. The number of hydrogen-bond donors (Lipinski definition) is 1. The monoisotopic (exact) mass is 370 g/mol. The van der Waals surface area contributed by atoms with Crippen molar-refractivity contribution in [2.75, 3.05) is 13.1 Å². The molecule has 1 saturated heterocycles. The topological polar surface area (TPSA) is 57.6 Å². The number of carbonyl (C=O) groups excluding carboxylic acids is 1. The standard InChI is InChI=1S/C20H23ClN4O/c1-15(16-6-10-22-11-7-16)23-24-20(26)17-8-12-25(13-9-17)14-18-4-2-3-5-19(18)21/h2-7,10-11,17H,8-9,12-14H2,1H3,(H,24,26)/b23-15+. The Morgan fingerprint density at radius 3 is 2.62 bits per heavy atom. The number of benzene rings is 1. The fourth-order valence-electron chi connectivity index (χ4n) is 3.11. The molecule has 2 aromatic rings. The zero-order valence-corrected chi connectivity index (χ0v) is 15.6. The molecule has 0 aliphatic carbocycles. The highest BCUT2D eigenvalue weighted by atomic mass is 35.5. The van der Waals surface area contributed by atoms with Gasteiger partial charge in [-0.25, -0.2) is 5.43 Å². The van der Waals surface area contributed by atoms with E-state index in [0.717, 1.165) is 54.3 Å². The predicted octanol–water partition coefficient (Wildman–Crippen LogP) is 3.49. The number of carbonyl (C=O) groups is 1. The van der Waals surface area contributed by atoms with Crippen LogP contribution in [0.5, 0.6) is 0 Å². The Kier molecular flexibility index (Phi) is 6.36. The molecule has 2 heterocycles. The minimum absolute atomic E-state index is 0.00389. The van der Waals surface area contributed by atoms with Crippen LogP contribution >= 0.6 is 11.6 Å². The summed E-state index contributed by atoms with van der Waals surface area (Å²) < 4.78 is 0. The number of amides is 1. The summed E-state index contributed by atoms with van der Waals surface area (Å²) in [5.74, 6) is 0.00212. The van der Waals surface area contributed by atoms with E-state index in [-0.39, 0.29) is 11.8 Å². The van der Waals surface area contributed by atoms with E-state index in [1.807, 2.05) is 37.3 Å². The van der Waals surface area contributed by atoms with E-state index >= 15 is 0 Å². The number of nitrogens with zero attached hydrogens (tertiary/aromatic N) is 3. The number of aromatic nitrogens is 1. The van der Waals surface area contributed by atoms with Gasteiger partial charge >= 0.3 is 0 Å². The molecule has 6 heteroatoms. The summed E-state index contributed by atoms with van der Waals surface area (Å²) in [4.78, 5) is 18.7. The van der Waals surface area contributed by atoms with E-state index in [1.54, 1.807) is 12.4 Å². The van der Waals surface area contributed by atoms with Gasteiger partial charge in [-0.05, 0) is 56.6 Å². The first-order chi connectivity index (χ1) is 12.6. The molecule has 1 aliphatic heterocycles. The second kappa shape index (κ2) is 8.92. The van der Waals surface area contributed by atoms with Gasteiger partial charge in [0.2, 0.25) is 5.91 Å². The Morgan fingerprint density at radius 2 is 1.92 bits per heavy atom. The fourth-order valence-corrected chi connectivity index (χ4v) is 3.30. The van der Waals surface area contributed by atoms with Crippen LogP contribution in [0.3, 0.4) is 0 Å². The van der Waals surface area contributed by atoms with Crippen molar-refractivity contribution in [3.8, 4) is 0 Å².